The van der Waals surface area contributed by atoms with E-state index in [1.54, 1.807) is 13.0 Å². The highest BCUT2D eigenvalue weighted by molar-refractivity contribution is 7.18. The summed E-state index contributed by atoms with van der Waals surface area (Å²) in [6.45, 7) is 5.87. The lowest BCUT2D eigenvalue weighted by Gasteiger charge is -2.09. The van der Waals surface area contributed by atoms with Crippen molar-refractivity contribution in [2.45, 2.75) is 33.7 Å². The summed E-state index contributed by atoms with van der Waals surface area (Å²) in [6, 6.07) is 4.23. The van der Waals surface area contributed by atoms with Crippen molar-refractivity contribution in [2.75, 3.05) is 5.32 Å². The molecule has 0 spiro atoms. The smallest absolute Gasteiger partial charge is 0.262 e. The number of carbonyl (C=O) groups excluding carboxylic acids is 1. The first kappa shape index (κ1) is 17.3. The highest BCUT2D eigenvalue weighted by Gasteiger charge is 2.13. The minimum Gasteiger partial charge on any atom is -0.326 e. The lowest BCUT2D eigenvalue weighted by molar-refractivity contribution is -0.116. The number of nitrogens with zero attached hydrogens (tertiary/aromatic N) is 2. The standard InChI is InChI=1S/C18H18FN3O2S/c1-10-4-5-13(19)8-14(10)21-15(23)6-7-22-9-20-17-16(18(22)24)11(2)12(3)25-17/h4-5,8-9H,6-7H2,1-3H3,(H,21,23). The predicted octanol–water partition coefficient (Wildman–Crippen LogP) is 3.55. The van der Waals surface area contributed by atoms with Crippen LogP contribution in [-0.4, -0.2) is 15.5 Å². The van der Waals surface area contributed by atoms with E-state index < -0.39 is 5.82 Å². The number of amides is 1. The van der Waals surface area contributed by atoms with Gasteiger partial charge in [-0.3, -0.25) is 14.2 Å². The second kappa shape index (κ2) is 6.76. The molecule has 0 fully saturated rings. The Hall–Kier alpha value is -2.54. The van der Waals surface area contributed by atoms with Gasteiger partial charge in [-0.2, -0.15) is 0 Å². The molecule has 25 heavy (non-hydrogen) atoms. The first-order valence-corrected chi connectivity index (χ1v) is 8.69. The molecule has 0 aliphatic carbocycles. The minimum atomic E-state index is -0.407. The Labute approximate surface area is 148 Å². The van der Waals surface area contributed by atoms with Gasteiger partial charge >= 0.3 is 0 Å². The Bertz CT molecular complexity index is 1020. The molecule has 3 aromatic rings. The maximum atomic E-state index is 13.3. The fourth-order valence-electron chi connectivity index (χ4n) is 2.59. The molecule has 5 nitrogen and oxygen atoms in total. The second-order valence-electron chi connectivity index (χ2n) is 5.96. The molecule has 2 heterocycles. The maximum Gasteiger partial charge on any atom is 0.262 e. The van der Waals surface area contributed by atoms with Crippen LogP contribution in [-0.2, 0) is 11.3 Å². The number of benzene rings is 1. The van der Waals surface area contributed by atoms with Gasteiger partial charge in [0.25, 0.3) is 5.56 Å². The Kier molecular flexibility index (Phi) is 4.67. The van der Waals surface area contributed by atoms with Gasteiger partial charge in [-0.1, -0.05) is 6.07 Å². The Morgan fingerprint density at radius 3 is 2.84 bits per heavy atom. The fourth-order valence-corrected chi connectivity index (χ4v) is 3.58. The van der Waals surface area contributed by atoms with Crippen molar-refractivity contribution in [1.82, 2.24) is 9.55 Å². The van der Waals surface area contributed by atoms with Crippen LogP contribution in [0, 0.1) is 26.6 Å². The van der Waals surface area contributed by atoms with E-state index in [0.717, 1.165) is 20.8 Å². The van der Waals surface area contributed by atoms with Crippen LogP contribution >= 0.6 is 11.3 Å². The summed E-state index contributed by atoms with van der Waals surface area (Å²) in [5.74, 6) is -0.686. The Morgan fingerprint density at radius 2 is 2.08 bits per heavy atom. The number of anilines is 1. The van der Waals surface area contributed by atoms with Gasteiger partial charge in [-0.05, 0) is 44.0 Å². The number of hydrogen-bond acceptors (Lipinski definition) is 4. The quantitative estimate of drug-likeness (QED) is 0.775. The number of nitrogens with one attached hydrogen (secondary N) is 1. The summed E-state index contributed by atoms with van der Waals surface area (Å²) in [6.07, 6.45) is 1.58. The van der Waals surface area contributed by atoms with E-state index in [2.05, 4.69) is 10.3 Å². The van der Waals surface area contributed by atoms with Crippen molar-refractivity contribution < 1.29 is 9.18 Å². The summed E-state index contributed by atoms with van der Waals surface area (Å²) in [7, 11) is 0. The number of halogens is 1. The first-order chi connectivity index (χ1) is 11.9. The van der Waals surface area contributed by atoms with Gasteiger partial charge < -0.3 is 5.32 Å². The second-order valence-corrected chi connectivity index (χ2v) is 7.17. The molecular weight excluding hydrogens is 341 g/mol. The van der Waals surface area contributed by atoms with Gasteiger partial charge in [0.1, 0.15) is 10.6 Å². The van der Waals surface area contributed by atoms with Crippen molar-refractivity contribution in [3.63, 3.8) is 0 Å². The summed E-state index contributed by atoms with van der Waals surface area (Å²) >= 11 is 1.49. The molecule has 0 aliphatic heterocycles. The maximum absolute atomic E-state index is 13.3. The summed E-state index contributed by atoms with van der Waals surface area (Å²) in [4.78, 5) is 30.8. The predicted molar refractivity (Wildman–Crippen MR) is 97.7 cm³/mol. The average molecular weight is 359 g/mol. The molecule has 0 atom stereocenters. The van der Waals surface area contributed by atoms with Crippen LogP contribution in [0.15, 0.2) is 29.3 Å². The van der Waals surface area contributed by atoms with Gasteiger partial charge in [0.2, 0.25) is 5.91 Å². The monoisotopic (exact) mass is 359 g/mol. The summed E-state index contributed by atoms with van der Waals surface area (Å²) in [5, 5.41) is 3.30. The highest BCUT2D eigenvalue weighted by atomic mass is 32.1. The van der Waals surface area contributed by atoms with E-state index in [0.29, 0.717) is 11.1 Å². The normalized spacial score (nSPS) is 11.0. The third-order valence-electron chi connectivity index (χ3n) is 4.21. The fraction of sp³-hybridized carbons (Fsp3) is 0.278. The van der Waals surface area contributed by atoms with Crippen molar-refractivity contribution in [2.24, 2.45) is 0 Å². The third kappa shape index (κ3) is 3.46. The number of rotatable bonds is 4. The molecule has 7 heteroatoms. The molecular formula is C18H18FN3O2S. The van der Waals surface area contributed by atoms with E-state index in [-0.39, 0.29) is 24.4 Å². The van der Waals surface area contributed by atoms with Gasteiger partial charge in [-0.25, -0.2) is 9.37 Å². The molecule has 0 bridgehead atoms. The average Bonchev–Trinajstić information content (AvgIpc) is 2.85. The molecule has 0 unspecified atom stereocenters. The molecule has 0 saturated carbocycles. The summed E-state index contributed by atoms with van der Waals surface area (Å²) < 4.78 is 14.7. The van der Waals surface area contributed by atoms with Crippen molar-refractivity contribution >= 4 is 33.1 Å². The highest BCUT2D eigenvalue weighted by Crippen LogP contribution is 2.25. The minimum absolute atomic E-state index is 0.102. The Morgan fingerprint density at radius 1 is 1.32 bits per heavy atom. The van der Waals surface area contributed by atoms with E-state index >= 15 is 0 Å². The van der Waals surface area contributed by atoms with Gasteiger partial charge in [0.15, 0.2) is 0 Å². The van der Waals surface area contributed by atoms with E-state index in [9.17, 15) is 14.0 Å². The number of aryl methyl sites for hydroxylation is 4. The molecule has 0 saturated heterocycles. The number of aromatic nitrogens is 2. The first-order valence-electron chi connectivity index (χ1n) is 7.88. The SMILES string of the molecule is Cc1ccc(F)cc1NC(=O)CCn1cnc2sc(C)c(C)c2c1=O. The molecule has 3 rings (SSSR count). The number of carbonyl (C=O) groups is 1. The largest absolute Gasteiger partial charge is 0.326 e. The van der Waals surface area contributed by atoms with Crippen LogP contribution in [0.2, 0.25) is 0 Å². The molecule has 1 aromatic carbocycles. The molecule has 130 valence electrons. The third-order valence-corrected chi connectivity index (χ3v) is 5.32. The van der Waals surface area contributed by atoms with E-state index in [1.165, 1.54) is 34.4 Å². The van der Waals surface area contributed by atoms with Gasteiger partial charge in [0.05, 0.1) is 11.7 Å². The molecule has 0 radical (unpaired) electrons. The zero-order chi connectivity index (χ0) is 18.1. The zero-order valence-corrected chi connectivity index (χ0v) is 15.0. The van der Waals surface area contributed by atoms with Crippen LogP contribution in [0.4, 0.5) is 10.1 Å². The zero-order valence-electron chi connectivity index (χ0n) is 14.2. The number of fused-ring (bicyclic) bond motifs is 1. The number of hydrogen-bond donors (Lipinski definition) is 1. The molecule has 0 aliphatic rings. The topological polar surface area (TPSA) is 64.0 Å². The van der Waals surface area contributed by atoms with Crippen LogP contribution < -0.4 is 10.9 Å². The molecule has 1 amide bonds. The molecule has 1 N–H and O–H groups in total. The van der Waals surface area contributed by atoms with Crippen LogP contribution in [0.1, 0.15) is 22.4 Å². The van der Waals surface area contributed by atoms with Crippen LogP contribution in [0.3, 0.4) is 0 Å². The van der Waals surface area contributed by atoms with Gasteiger partial charge in [-0.15, -0.1) is 11.3 Å². The molecule has 2 aromatic heterocycles. The van der Waals surface area contributed by atoms with Crippen LogP contribution in [0.5, 0.6) is 0 Å². The van der Waals surface area contributed by atoms with Gasteiger partial charge in [0, 0.05) is 23.5 Å². The lowest BCUT2D eigenvalue weighted by Crippen LogP contribution is -2.23. The van der Waals surface area contributed by atoms with E-state index in [4.69, 9.17) is 0 Å². The van der Waals surface area contributed by atoms with Crippen molar-refractivity contribution in [3.05, 3.63) is 56.7 Å². The lowest BCUT2D eigenvalue weighted by atomic mass is 10.2. The Balaban J connectivity index is 1.75. The van der Waals surface area contributed by atoms with Crippen molar-refractivity contribution in [3.8, 4) is 0 Å². The van der Waals surface area contributed by atoms with E-state index in [1.807, 2.05) is 13.8 Å². The van der Waals surface area contributed by atoms with Crippen molar-refractivity contribution in [1.29, 1.82) is 0 Å². The summed E-state index contributed by atoms with van der Waals surface area (Å²) in [5.41, 5.74) is 2.02. The van der Waals surface area contributed by atoms with Crippen LogP contribution in [0.25, 0.3) is 10.2 Å². The number of thiophene rings is 1.